The molecule has 0 aliphatic carbocycles. The van der Waals surface area contributed by atoms with E-state index in [0.29, 0.717) is 37.4 Å². The molecule has 0 spiro atoms. The topological polar surface area (TPSA) is 51.2 Å². The molecule has 0 saturated heterocycles. The Balaban J connectivity index is 1.77. The quantitative estimate of drug-likeness (QED) is 0.177. The van der Waals surface area contributed by atoms with Crippen molar-refractivity contribution < 1.29 is 14.4 Å². The molecule has 2 aromatic carbocycles. The summed E-state index contributed by atoms with van der Waals surface area (Å²) in [5.74, 6) is 0.825. The zero-order valence-electron chi connectivity index (χ0n) is 17.9. The molecule has 0 saturated carbocycles. The summed E-state index contributed by atoms with van der Waals surface area (Å²) in [4.78, 5) is 35.0. The van der Waals surface area contributed by atoms with Crippen molar-refractivity contribution in [2.24, 2.45) is 0 Å². The molecule has 0 aromatic heterocycles. The predicted molar refractivity (Wildman–Crippen MR) is 122 cm³/mol. The van der Waals surface area contributed by atoms with Crippen molar-refractivity contribution >= 4 is 17.9 Å². The number of aldehydes is 1. The highest BCUT2D eigenvalue weighted by atomic mass is 16.1. The summed E-state index contributed by atoms with van der Waals surface area (Å²) in [7, 11) is 0. The average molecular weight is 407 g/mol. The van der Waals surface area contributed by atoms with Crippen molar-refractivity contribution in [3.63, 3.8) is 0 Å². The number of rotatable bonds is 16. The van der Waals surface area contributed by atoms with Crippen LogP contribution in [0.2, 0.25) is 0 Å². The second kappa shape index (κ2) is 14.4. The number of benzene rings is 2. The SMILES string of the molecule is O=CCCCCCCC(=O)CCC(CCCC(=O)c1ccccc1)c1ccccc1. The number of ketones is 2. The normalized spacial score (nSPS) is 11.7. The molecule has 160 valence electrons. The molecule has 0 fully saturated rings. The fraction of sp³-hybridized carbons (Fsp3) is 0.444. The van der Waals surface area contributed by atoms with Crippen molar-refractivity contribution in [3.05, 3.63) is 71.8 Å². The monoisotopic (exact) mass is 406 g/mol. The van der Waals surface area contributed by atoms with E-state index in [4.69, 9.17) is 0 Å². The highest BCUT2D eigenvalue weighted by Gasteiger charge is 2.15. The Hall–Kier alpha value is -2.55. The van der Waals surface area contributed by atoms with Crippen molar-refractivity contribution in [3.8, 4) is 0 Å². The van der Waals surface area contributed by atoms with Crippen LogP contribution in [0.1, 0.15) is 92.5 Å². The molecule has 30 heavy (non-hydrogen) atoms. The van der Waals surface area contributed by atoms with Crippen molar-refractivity contribution in [2.45, 2.75) is 76.5 Å². The molecule has 0 aliphatic heterocycles. The van der Waals surface area contributed by atoms with Crippen LogP contribution in [0.3, 0.4) is 0 Å². The van der Waals surface area contributed by atoms with E-state index < -0.39 is 0 Å². The number of carbonyl (C=O) groups excluding carboxylic acids is 3. The lowest BCUT2D eigenvalue weighted by Gasteiger charge is -2.17. The van der Waals surface area contributed by atoms with Crippen LogP contribution in [0, 0.1) is 0 Å². The van der Waals surface area contributed by atoms with Crippen molar-refractivity contribution in [1.29, 1.82) is 0 Å². The minimum Gasteiger partial charge on any atom is -0.303 e. The van der Waals surface area contributed by atoms with Gasteiger partial charge in [-0.3, -0.25) is 9.59 Å². The van der Waals surface area contributed by atoms with E-state index in [1.54, 1.807) is 0 Å². The third-order valence-corrected chi connectivity index (χ3v) is 5.62. The molecule has 1 unspecified atom stereocenters. The maximum absolute atomic E-state index is 12.4. The average Bonchev–Trinajstić information content (AvgIpc) is 2.79. The second-order valence-corrected chi connectivity index (χ2v) is 7.99. The third-order valence-electron chi connectivity index (χ3n) is 5.62. The van der Waals surface area contributed by atoms with Gasteiger partial charge in [-0.25, -0.2) is 0 Å². The smallest absolute Gasteiger partial charge is 0.162 e. The fourth-order valence-electron chi connectivity index (χ4n) is 3.84. The van der Waals surface area contributed by atoms with Crippen molar-refractivity contribution in [1.82, 2.24) is 0 Å². The maximum atomic E-state index is 12.4. The molecule has 2 aromatic rings. The van der Waals surface area contributed by atoms with Crippen LogP contribution in [0.25, 0.3) is 0 Å². The summed E-state index contributed by atoms with van der Waals surface area (Å²) in [5, 5.41) is 0. The highest BCUT2D eigenvalue weighted by Crippen LogP contribution is 2.28. The van der Waals surface area contributed by atoms with Crippen molar-refractivity contribution in [2.75, 3.05) is 0 Å². The third kappa shape index (κ3) is 9.30. The van der Waals surface area contributed by atoms with Crippen LogP contribution in [0.5, 0.6) is 0 Å². The van der Waals surface area contributed by atoms with Gasteiger partial charge in [0.05, 0.1) is 0 Å². The molecule has 3 nitrogen and oxygen atoms in total. The molecule has 1 atom stereocenters. The summed E-state index contributed by atoms with van der Waals surface area (Å²) in [6, 6.07) is 19.8. The number of Topliss-reactive ketones (excluding diaryl/α,β-unsaturated/α-hetero) is 2. The summed E-state index contributed by atoms with van der Waals surface area (Å²) in [5.41, 5.74) is 2.03. The summed E-state index contributed by atoms with van der Waals surface area (Å²) >= 11 is 0. The number of unbranched alkanes of at least 4 members (excludes halogenated alkanes) is 4. The van der Waals surface area contributed by atoms with Crippen LogP contribution in [0.15, 0.2) is 60.7 Å². The van der Waals surface area contributed by atoms with E-state index in [2.05, 4.69) is 12.1 Å². The van der Waals surface area contributed by atoms with Gasteiger partial charge in [0.2, 0.25) is 0 Å². The fourth-order valence-corrected chi connectivity index (χ4v) is 3.84. The summed E-state index contributed by atoms with van der Waals surface area (Å²) in [6.07, 6.45) is 9.83. The van der Waals surface area contributed by atoms with E-state index in [-0.39, 0.29) is 5.78 Å². The summed E-state index contributed by atoms with van der Waals surface area (Å²) in [6.45, 7) is 0. The van der Waals surface area contributed by atoms with Crippen LogP contribution >= 0.6 is 0 Å². The molecule has 0 N–H and O–H groups in total. The predicted octanol–water partition coefficient (Wildman–Crippen LogP) is 6.71. The van der Waals surface area contributed by atoms with Crippen LogP contribution in [-0.4, -0.2) is 17.9 Å². The van der Waals surface area contributed by atoms with Crippen LogP contribution < -0.4 is 0 Å². The minimum atomic E-state index is 0.188. The lowest BCUT2D eigenvalue weighted by molar-refractivity contribution is -0.119. The van der Waals surface area contributed by atoms with Gasteiger partial charge in [0.15, 0.2) is 5.78 Å². The van der Waals surface area contributed by atoms with Crippen LogP contribution in [-0.2, 0) is 9.59 Å². The van der Waals surface area contributed by atoms with Crippen LogP contribution in [0.4, 0.5) is 0 Å². The maximum Gasteiger partial charge on any atom is 0.162 e. The Labute approximate surface area is 180 Å². The number of carbonyl (C=O) groups is 3. The molecular formula is C27H34O3. The zero-order chi connectivity index (χ0) is 21.4. The van der Waals surface area contributed by atoms with Gasteiger partial charge in [-0.2, -0.15) is 0 Å². The molecule has 0 heterocycles. The lowest BCUT2D eigenvalue weighted by atomic mass is 9.87. The van der Waals surface area contributed by atoms with Gasteiger partial charge in [0.1, 0.15) is 12.1 Å². The Morgan fingerprint density at radius 3 is 2.07 bits per heavy atom. The minimum absolute atomic E-state index is 0.188. The second-order valence-electron chi connectivity index (χ2n) is 7.99. The van der Waals surface area contributed by atoms with Gasteiger partial charge in [0, 0.05) is 31.2 Å². The van der Waals surface area contributed by atoms with Gasteiger partial charge in [0.25, 0.3) is 0 Å². The van der Waals surface area contributed by atoms with Gasteiger partial charge >= 0.3 is 0 Å². The van der Waals surface area contributed by atoms with Gasteiger partial charge in [-0.15, -0.1) is 0 Å². The molecule has 0 bridgehead atoms. The first-order valence-corrected chi connectivity index (χ1v) is 11.3. The molecular weight excluding hydrogens is 372 g/mol. The molecule has 0 aliphatic rings. The standard InChI is InChI=1S/C27H34O3/c28-22-11-3-1-2-10-18-26(29)21-20-24(23-13-6-4-7-14-23)17-12-19-27(30)25-15-8-5-9-16-25/h4-9,13-16,22,24H,1-3,10-12,17-21H2. The Bertz CT molecular complexity index is 752. The molecule has 0 radical (unpaired) electrons. The first-order chi connectivity index (χ1) is 14.7. The highest BCUT2D eigenvalue weighted by molar-refractivity contribution is 5.95. The van der Waals surface area contributed by atoms with E-state index >= 15 is 0 Å². The Kier molecular flexibility index (Phi) is 11.4. The molecule has 0 amide bonds. The van der Waals surface area contributed by atoms with Gasteiger partial charge < -0.3 is 4.79 Å². The lowest BCUT2D eigenvalue weighted by Crippen LogP contribution is -2.06. The molecule has 3 heteroatoms. The Morgan fingerprint density at radius 2 is 1.37 bits per heavy atom. The van der Waals surface area contributed by atoms with E-state index in [1.165, 1.54) is 5.56 Å². The summed E-state index contributed by atoms with van der Waals surface area (Å²) < 4.78 is 0. The van der Waals surface area contributed by atoms with E-state index in [0.717, 1.165) is 56.8 Å². The van der Waals surface area contributed by atoms with E-state index in [9.17, 15) is 14.4 Å². The Morgan fingerprint density at radius 1 is 0.700 bits per heavy atom. The largest absolute Gasteiger partial charge is 0.303 e. The first kappa shape index (κ1) is 23.7. The van der Waals surface area contributed by atoms with E-state index in [1.807, 2.05) is 48.5 Å². The van der Waals surface area contributed by atoms with Gasteiger partial charge in [-0.1, -0.05) is 73.5 Å². The number of hydrogen-bond acceptors (Lipinski definition) is 3. The first-order valence-electron chi connectivity index (χ1n) is 11.3. The zero-order valence-corrected chi connectivity index (χ0v) is 17.9. The van der Waals surface area contributed by atoms with Gasteiger partial charge in [-0.05, 0) is 43.6 Å². The molecule has 2 rings (SSSR count). The number of hydrogen-bond donors (Lipinski definition) is 0.